The number of nitrogens with zero attached hydrogens (tertiary/aromatic N) is 2. The van der Waals surface area contributed by atoms with Crippen molar-refractivity contribution < 1.29 is 4.74 Å². The summed E-state index contributed by atoms with van der Waals surface area (Å²) in [5.41, 5.74) is 10.6. The predicted molar refractivity (Wildman–Crippen MR) is 114 cm³/mol. The smallest absolute Gasteiger partial charge is 0.261 e. The fourth-order valence-corrected chi connectivity index (χ4v) is 4.10. The predicted octanol–water partition coefficient (Wildman–Crippen LogP) is 2.67. The Kier molecular flexibility index (Phi) is 4.24. The molecule has 0 amide bonds. The molecular weight excluding hydrogens is 366 g/mol. The zero-order valence-electron chi connectivity index (χ0n) is 16.2. The normalized spacial score (nSPS) is 19.1. The van der Waals surface area contributed by atoms with Crippen LogP contribution in [0.2, 0.25) is 0 Å². The van der Waals surface area contributed by atoms with Gasteiger partial charge in [0.25, 0.3) is 5.56 Å². The number of anilines is 1. The van der Waals surface area contributed by atoms with Gasteiger partial charge in [0.2, 0.25) is 0 Å². The van der Waals surface area contributed by atoms with Gasteiger partial charge in [-0.3, -0.25) is 4.79 Å². The van der Waals surface area contributed by atoms with E-state index in [0.29, 0.717) is 36.1 Å². The lowest BCUT2D eigenvalue weighted by atomic mass is 10.1. The zero-order chi connectivity index (χ0) is 20.0. The highest BCUT2D eigenvalue weighted by molar-refractivity contribution is 5.96. The van der Waals surface area contributed by atoms with Crippen LogP contribution >= 0.6 is 0 Å². The number of nitrogen functional groups attached to an aromatic ring is 1. The number of fused-ring (bicyclic) bond motifs is 2. The van der Waals surface area contributed by atoms with Gasteiger partial charge in [0.1, 0.15) is 11.4 Å². The van der Waals surface area contributed by atoms with Gasteiger partial charge in [-0.05, 0) is 25.1 Å². The van der Waals surface area contributed by atoms with Gasteiger partial charge in [-0.15, -0.1) is 0 Å². The number of nitrogens with two attached hydrogens (primary N) is 1. The quantitative estimate of drug-likeness (QED) is 0.626. The lowest BCUT2D eigenvalue weighted by molar-refractivity contribution is 0.0193. The van der Waals surface area contributed by atoms with Crippen molar-refractivity contribution >= 4 is 22.7 Å². The maximum Gasteiger partial charge on any atom is 0.261 e. The minimum absolute atomic E-state index is 0.244. The van der Waals surface area contributed by atoms with E-state index in [1.54, 1.807) is 0 Å². The lowest BCUT2D eigenvalue weighted by Crippen LogP contribution is -2.42. The molecule has 1 atom stereocenters. The summed E-state index contributed by atoms with van der Waals surface area (Å²) in [4.78, 5) is 26.1. The molecule has 0 spiro atoms. The molecule has 0 radical (unpaired) electrons. The lowest BCUT2D eigenvalue weighted by Gasteiger charge is -2.35. The summed E-state index contributed by atoms with van der Waals surface area (Å²) in [5, 5.41) is 0.812. The van der Waals surface area contributed by atoms with Gasteiger partial charge >= 0.3 is 0 Å². The summed E-state index contributed by atoms with van der Waals surface area (Å²) in [5.74, 6) is 0.500. The zero-order valence-corrected chi connectivity index (χ0v) is 16.2. The second-order valence-corrected chi connectivity index (χ2v) is 7.53. The SMILES string of the molecule is C[C@@H]1COCCN1C1=Cc2nc(-c3c(N)c4ccccc4[nH]c3=O)[nH]c2CC=C1. The second-order valence-electron chi connectivity index (χ2n) is 7.53. The van der Waals surface area contributed by atoms with Crippen LogP contribution in [0.3, 0.4) is 0 Å². The van der Waals surface area contributed by atoms with E-state index in [4.69, 9.17) is 15.5 Å². The number of H-pyrrole nitrogens is 2. The molecule has 7 heteroatoms. The van der Waals surface area contributed by atoms with Crippen molar-refractivity contribution in [2.45, 2.75) is 19.4 Å². The average Bonchev–Trinajstić information content (AvgIpc) is 2.99. The molecule has 3 aromatic rings. The maximum absolute atomic E-state index is 12.7. The third-order valence-electron chi connectivity index (χ3n) is 5.60. The number of nitrogens with one attached hydrogen (secondary N) is 2. The first-order chi connectivity index (χ1) is 14.1. The number of hydrogen-bond donors (Lipinski definition) is 3. The molecular formula is C22H23N5O2. The number of morpholine rings is 1. The molecule has 1 aromatic carbocycles. The Morgan fingerprint density at radius 1 is 1.28 bits per heavy atom. The first-order valence-corrected chi connectivity index (χ1v) is 9.84. The van der Waals surface area contributed by atoms with Crippen molar-refractivity contribution in [1.29, 1.82) is 0 Å². The van der Waals surface area contributed by atoms with E-state index in [1.807, 2.05) is 24.3 Å². The number of pyridine rings is 1. The first kappa shape index (κ1) is 17.8. The Morgan fingerprint density at radius 2 is 2.14 bits per heavy atom. The maximum atomic E-state index is 12.7. The van der Waals surface area contributed by atoms with Gasteiger partial charge in [-0.1, -0.05) is 24.3 Å². The van der Waals surface area contributed by atoms with Gasteiger partial charge in [0.05, 0.1) is 30.1 Å². The van der Waals surface area contributed by atoms with E-state index in [-0.39, 0.29) is 5.56 Å². The molecule has 2 aromatic heterocycles. The second kappa shape index (κ2) is 6.93. The Labute approximate surface area is 167 Å². The summed E-state index contributed by atoms with van der Waals surface area (Å²) < 4.78 is 5.56. The van der Waals surface area contributed by atoms with Gasteiger partial charge in [0.15, 0.2) is 0 Å². The number of rotatable bonds is 2. The summed E-state index contributed by atoms with van der Waals surface area (Å²) in [6.07, 6.45) is 7.04. The van der Waals surface area contributed by atoms with Crippen molar-refractivity contribution in [3.05, 3.63) is 63.9 Å². The third kappa shape index (κ3) is 3.03. The number of allylic oxidation sites excluding steroid dienone is 2. The van der Waals surface area contributed by atoms with Crippen molar-refractivity contribution in [2.75, 3.05) is 25.5 Å². The van der Waals surface area contributed by atoms with Crippen LogP contribution < -0.4 is 11.3 Å². The summed E-state index contributed by atoms with van der Waals surface area (Å²) in [6.45, 7) is 4.44. The van der Waals surface area contributed by atoms with Crippen LogP contribution in [0, 0.1) is 0 Å². The molecule has 1 saturated heterocycles. The number of para-hydroxylation sites is 1. The molecule has 7 nitrogen and oxygen atoms in total. The van der Waals surface area contributed by atoms with E-state index in [1.165, 1.54) is 0 Å². The molecule has 0 bridgehead atoms. The molecule has 1 aliphatic heterocycles. The molecule has 2 aliphatic rings. The number of ether oxygens (including phenoxy) is 1. The number of aromatic amines is 2. The molecule has 1 aliphatic carbocycles. The van der Waals surface area contributed by atoms with Crippen LogP contribution in [-0.2, 0) is 11.2 Å². The number of aromatic nitrogens is 3. The summed E-state index contributed by atoms with van der Waals surface area (Å²) in [6, 6.07) is 7.83. The molecule has 5 rings (SSSR count). The van der Waals surface area contributed by atoms with Crippen molar-refractivity contribution in [1.82, 2.24) is 19.9 Å². The average molecular weight is 389 g/mol. The first-order valence-electron chi connectivity index (χ1n) is 9.84. The Balaban J connectivity index is 1.60. The molecule has 4 N–H and O–H groups in total. The van der Waals surface area contributed by atoms with Crippen LogP contribution in [0.25, 0.3) is 28.4 Å². The van der Waals surface area contributed by atoms with Crippen molar-refractivity contribution in [2.24, 2.45) is 0 Å². The Bertz CT molecular complexity index is 1200. The number of imidazole rings is 1. The highest BCUT2D eigenvalue weighted by Gasteiger charge is 2.23. The van der Waals surface area contributed by atoms with Crippen molar-refractivity contribution in [3.8, 4) is 11.4 Å². The van der Waals surface area contributed by atoms with Crippen LogP contribution in [0.4, 0.5) is 5.69 Å². The molecule has 1 fully saturated rings. The van der Waals surface area contributed by atoms with Crippen LogP contribution in [0.5, 0.6) is 0 Å². The van der Waals surface area contributed by atoms with E-state index in [2.05, 4.69) is 40.0 Å². The topological polar surface area (TPSA) is 100 Å². The minimum atomic E-state index is -0.244. The van der Waals surface area contributed by atoms with Crippen LogP contribution in [-0.4, -0.2) is 45.7 Å². The largest absolute Gasteiger partial charge is 0.397 e. The molecule has 3 heterocycles. The minimum Gasteiger partial charge on any atom is -0.397 e. The Hall–Kier alpha value is -3.32. The van der Waals surface area contributed by atoms with E-state index in [9.17, 15) is 4.79 Å². The third-order valence-corrected chi connectivity index (χ3v) is 5.60. The molecule has 0 saturated carbocycles. The fraction of sp³-hybridized carbons (Fsp3) is 0.273. The number of benzene rings is 1. The van der Waals surface area contributed by atoms with E-state index >= 15 is 0 Å². The van der Waals surface area contributed by atoms with Crippen molar-refractivity contribution in [3.63, 3.8) is 0 Å². The van der Waals surface area contributed by atoms with Gasteiger partial charge < -0.3 is 25.3 Å². The van der Waals surface area contributed by atoms with Gasteiger partial charge in [-0.25, -0.2) is 4.98 Å². The van der Waals surface area contributed by atoms with E-state index < -0.39 is 0 Å². The highest BCUT2D eigenvalue weighted by atomic mass is 16.5. The van der Waals surface area contributed by atoms with Gasteiger partial charge in [-0.2, -0.15) is 0 Å². The standard InChI is InChI=1S/C22H23N5O2/c1-13-12-29-10-9-27(13)14-5-4-8-17-18(11-14)25-21(24-17)19-20(23)15-6-2-3-7-16(15)26-22(19)28/h2-7,11,13H,8-10,12H2,1H3,(H,24,25)(H3,23,26,28)/t13-/m1/s1. The fourth-order valence-electron chi connectivity index (χ4n) is 4.10. The van der Waals surface area contributed by atoms with Gasteiger partial charge in [0, 0.05) is 35.8 Å². The van der Waals surface area contributed by atoms with Crippen LogP contribution in [0.1, 0.15) is 18.3 Å². The Morgan fingerprint density at radius 3 is 3.00 bits per heavy atom. The molecule has 148 valence electrons. The summed E-state index contributed by atoms with van der Waals surface area (Å²) >= 11 is 0. The summed E-state index contributed by atoms with van der Waals surface area (Å²) in [7, 11) is 0. The molecule has 29 heavy (non-hydrogen) atoms. The molecule has 0 unspecified atom stereocenters. The number of hydrogen-bond acceptors (Lipinski definition) is 5. The monoisotopic (exact) mass is 389 g/mol. The van der Waals surface area contributed by atoms with Crippen LogP contribution in [0.15, 0.2) is 46.9 Å². The highest BCUT2D eigenvalue weighted by Crippen LogP contribution is 2.29. The van der Waals surface area contributed by atoms with E-state index in [0.717, 1.165) is 41.1 Å².